The van der Waals surface area contributed by atoms with Crippen molar-refractivity contribution in [3.63, 3.8) is 0 Å². The number of ether oxygens (including phenoxy) is 3. The quantitative estimate of drug-likeness (QED) is 0.657. The SMILES string of the molecule is CC(=O)OC1CCC2(C)C3CCC4(C)C(OC(C)=O)CCC4C3COC2(C)C1. The number of esters is 2. The molecule has 0 N–H and O–H groups in total. The molecule has 0 aromatic rings. The number of rotatable bonds is 2. The smallest absolute Gasteiger partial charge is 0.302 e. The van der Waals surface area contributed by atoms with Crippen molar-refractivity contribution in [1.29, 1.82) is 0 Å². The first-order valence-corrected chi connectivity index (χ1v) is 11.1. The van der Waals surface area contributed by atoms with Crippen molar-refractivity contribution in [2.24, 2.45) is 28.6 Å². The van der Waals surface area contributed by atoms with Crippen molar-refractivity contribution in [2.75, 3.05) is 6.61 Å². The number of carbonyl (C=O) groups is 2. The van der Waals surface area contributed by atoms with Crippen LogP contribution in [0.15, 0.2) is 0 Å². The lowest BCUT2D eigenvalue weighted by atomic mass is 9.47. The molecule has 1 aliphatic heterocycles. The van der Waals surface area contributed by atoms with Gasteiger partial charge in [0.15, 0.2) is 0 Å². The molecule has 0 amide bonds. The van der Waals surface area contributed by atoms with Crippen LogP contribution in [0.2, 0.25) is 0 Å². The highest BCUT2D eigenvalue weighted by Crippen LogP contribution is 2.66. The van der Waals surface area contributed by atoms with E-state index in [9.17, 15) is 9.59 Å². The van der Waals surface area contributed by atoms with E-state index < -0.39 is 0 Å². The molecule has 28 heavy (non-hydrogen) atoms. The molecule has 4 fully saturated rings. The molecule has 3 saturated carbocycles. The first-order chi connectivity index (χ1) is 13.1. The van der Waals surface area contributed by atoms with Crippen LogP contribution < -0.4 is 0 Å². The average Bonchev–Trinajstić information content (AvgIpc) is 2.91. The Morgan fingerprint density at radius 1 is 0.893 bits per heavy atom. The summed E-state index contributed by atoms with van der Waals surface area (Å²) in [4.78, 5) is 23.1. The predicted molar refractivity (Wildman–Crippen MR) is 104 cm³/mol. The molecule has 4 rings (SSSR count). The summed E-state index contributed by atoms with van der Waals surface area (Å²) in [7, 11) is 0. The lowest BCUT2D eigenvalue weighted by molar-refractivity contribution is -0.263. The van der Waals surface area contributed by atoms with Gasteiger partial charge in [0.05, 0.1) is 12.2 Å². The second kappa shape index (κ2) is 6.72. The minimum absolute atomic E-state index is 0.0270. The van der Waals surface area contributed by atoms with E-state index in [2.05, 4.69) is 20.8 Å². The Balaban J connectivity index is 1.56. The summed E-state index contributed by atoms with van der Waals surface area (Å²) in [6.07, 6.45) is 7.19. The molecule has 1 heterocycles. The Morgan fingerprint density at radius 2 is 1.61 bits per heavy atom. The largest absolute Gasteiger partial charge is 0.462 e. The monoisotopic (exact) mass is 392 g/mol. The molecule has 4 aliphatic rings. The summed E-state index contributed by atoms with van der Waals surface area (Å²) in [6, 6.07) is 0. The average molecular weight is 393 g/mol. The minimum atomic E-state index is -0.242. The van der Waals surface area contributed by atoms with Crippen molar-refractivity contribution >= 4 is 11.9 Å². The van der Waals surface area contributed by atoms with Gasteiger partial charge in [-0.2, -0.15) is 0 Å². The Bertz CT molecular complexity index is 661. The van der Waals surface area contributed by atoms with E-state index in [0.29, 0.717) is 17.8 Å². The fourth-order valence-electron chi connectivity index (χ4n) is 7.57. The molecule has 8 unspecified atom stereocenters. The van der Waals surface area contributed by atoms with Crippen LogP contribution in [0.25, 0.3) is 0 Å². The maximum Gasteiger partial charge on any atom is 0.302 e. The van der Waals surface area contributed by atoms with Crippen molar-refractivity contribution in [3.8, 4) is 0 Å². The molecule has 0 radical (unpaired) electrons. The number of hydrogen-bond donors (Lipinski definition) is 0. The molecule has 0 aromatic carbocycles. The van der Waals surface area contributed by atoms with Crippen molar-refractivity contribution in [3.05, 3.63) is 0 Å². The molecule has 5 heteroatoms. The zero-order valence-corrected chi connectivity index (χ0v) is 18.1. The number of carbonyl (C=O) groups excluding carboxylic acids is 2. The maximum absolute atomic E-state index is 11.6. The van der Waals surface area contributed by atoms with E-state index in [4.69, 9.17) is 14.2 Å². The summed E-state index contributed by atoms with van der Waals surface area (Å²) in [6.45, 7) is 10.8. The Morgan fingerprint density at radius 3 is 2.29 bits per heavy atom. The van der Waals surface area contributed by atoms with Crippen LogP contribution in [-0.4, -0.2) is 36.4 Å². The third kappa shape index (κ3) is 2.91. The molecular weight excluding hydrogens is 356 g/mol. The molecule has 0 aromatic heterocycles. The van der Waals surface area contributed by atoms with E-state index in [0.717, 1.165) is 45.1 Å². The van der Waals surface area contributed by atoms with E-state index in [-0.39, 0.29) is 40.6 Å². The van der Waals surface area contributed by atoms with Gasteiger partial charge in [0.2, 0.25) is 0 Å². The first kappa shape index (κ1) is 20.2. The number of hydrogen-bond acceptors (Lipinski definition) is 5. The van der Waals surface area contributed by atoms with Gasteiger partial charge >= 0.3 is 11.9 Å². The molecule has 1 saturated heterocycles. The second-order valence-electron chi connectivity index (χ2n) is 10.5. The predicted octanol–water partition coefficient (Wildman–Crippen LogP) is 4.27. The highest BCUT2D eigenvalue weighted by molar-refractivity contribution is 5.66. The Hall–Kier alpha value is -1.10. The molecular formula is C23H36O5. The van der Waals surface area contributed by atoms with Gasteiger partial charge in [-0.3, -0.25) is 9.59 Å². The fraction of sp³-hybridized carbons (Fsp3) is 0.913. The van der Waals surface area contributed by atoms with Crippen LogP contribution in [0, 0.1) is 28.6 Å². The molecule has 3 aliphatic carbocycles. The van der Waals surface area contributed by atoms with Crippen LogP contribution in [-0.2, 0) is 23.8 Å². The fourth-order valence-corrected chi connectivity index (χ4v) is 7.57. The van der Waals surface area contributed by atoms with Crippen LogP contribution in [0.4, 0.5) is 0 Å². The van der Waals surface area contributed by atoms with Crippen molar-refractivity contribution in [2.45, 2.75) is 97.4 Å². The standard InChI is InChI=1S/C23H36O5/c1-14(24)27-16-8-11-22(4)19-9-10-21(3)18(6-7-20(21)28-15(2)25)17(19)13-26-23(22,5)12-16/h16-20H,6-13H2,1-5H3. The Labute approximate surface area is 168 Å². The maximum atomic E-state index is 11.6. The molecule has 5 nitrogen and oxygen atoms in total. The van der Waals surface area contributed by atoms with E-state index in [1.165, 1.54) is 20.3 Å². The first-order valence-electron chi connectivity index (χ1n) is 11.1. The summed E-state index contributed by atoms with van der Waals surface area (Å²) < 4.78 is 17.9. The van der Waals surface area contributed by atoms with Gasteiger partial charge in [-0.1, -0.05) is 13.8 Å². The third-order valence-corrected chi connectivity index (χ3v) is 9.21. The van der Waals surface area contributed by atoms with Crippen LogP contribution in [0.1, 0.15) is 79.6 Å². The van der Waals surface area contributed by atoms with E-state index in [1.807, 2.05) is 0 Å². The topological polar surface area (TPSA) is 61.8 Å². The van der Waals surface area contributed by atoms with Gasteiger partial charge in [-0.05, 0) is 68.6 Å². The Kier molecular flexibility index (Phi) is 4.84. The van der Waals surface area contributed by atoms with Gasteiger partial charge in [-0.25, -0.2) is 0 Å². The molecule has 0 spiro atoms. The van der Waals surface area contributed by atoms with Gasteiger partial charge in [0.25, 0.3) is 0 Å². The highest BCUT2D eigenvalue weighted by atomic mass is 16.6. The summed E-state index contributed by atoms with van der Waals surface area (Å²) in [5.74, 6) is 1.36. The molecule has 158 valence electrons. The van der Waals surface area contributed by atoms with Gasteiger partial charge < -0.3 is 14.2 Å². The normalized spacial score (nSPS) is 50.1. The summed E-state index contributed by atoms with van der Waals surface area (Å²) in [5.41, 5.74) is -0.0587. The molecule has 8 atom stereocenters. The van der Waals surface area contributed by atoms with Crippen LogP contribution in [0.5, 0.6) is 0 Å². The van der Waals surface area contributed by atoms with E-state index >= 15 is 0 Å². The van der Waals surface area contributed by atoms with Gasteiger partial charge in [0, 0.05) is 25.7 Å². The molecule has 0 bridgehead atoms. The lowest BCUT2D eigenvalue weighted by Crippen LogP contribution is -2.64. The zero-order valence-electron chi connectivity index (χ0n) is 18.1. The number of fused-ring (bicyclic) bond motifs is 5. The zero-order chi connectivity index (χ0) is 20.3. The van der Waals surface area contributed by atoms with Crippen LogP contribution >= 0.6 is 0 Å². The summed E-state index contributed by atoms with van der Waals surface area (Å²) in [5, 5.41) is 0. The second-order valence-corrected chi connectivity index (χ2v) is 10.5. The van der Waals surface area contributed by atoms with Gasteiger partial charge in [0.1, 0.15) is 12.2 Å². The minimum Gasteiger partial charge on any atom is -0.462 e. The van der Waals surface area contributed by atoms with Gasteiger partial charge in [-0.15, -0.1) is 0 Å². The van der Waals surface area contributed by atoms with Crippen molar-refractivity contribution in [1.82, 2.24) is 0 Å². The highest BCUT2D eigenvalue weighted by Gasteiger charge is 2.65. The summed E-state index contributed by atoms with van der Waals surface area (Å²) >= 11 is 0. The third-order valence-electron chi connectivity index (χ3n) is 9.21. The van der Waals surface area contributed by atoms with Crippen molar-refractivity contribution < 1.29 is 23.8 Å². The van der Waals surface area contributed by atoms with Crippen LogP contribution in [0.3, 0.4) is 0 Å². The van der Waals surface area contributed by atoms with E-state index in [1.54, 1.807) is 0 Å². The lowest BCUT2D eigenvalue weighted by Gasteiger charge is -2.64.